The Hall–Kier alpha value is -2.78. The highest BCUT2D eigenvalue weighted by Gasteiger charge is 2.74. The summed E-state index contributed by atoms with van der Waals surface area (Å²) in [4.78, 5) is 44.3. The predicted octanol–water partition coefficient (Wildman–Crippen LogP) is 3.20. The van der Waals surface area contributed by atoms with E-state index < -0.39 is 22.6 Å². The SMILES string of the molecule is C=CCCCCOC(=O)[C@@H]1[C@@H]2CCC3(S2)C(C(=O)N(CC=C)c2ccc(OC)cc2)N(CCO)C(=O)[C@H]13. The van der Waals surface area contributed by atoms with Crippen molar-refractivity contribution in [2.45, 2.75) is 48.1 Å². The molecule has 200 valence electrons. The average Bonchev–Trinajstić information content (AvgIpc) is 3.55. The topological polar surface area (TPSA) is 96.4 Å². The number of esters is 1. The Morgan fingerprint density at radius 2 is 2.00 bits per heavy atom. The molecular formula is C28H36N2O6S. The van der Waals surface area contributed by atoms with E-state index in [2.05, 4.69) is 13.2 Å². The summed E-state index contributed by atoms with van der Waals surface area (Å²) in [5.41, 5.74) is 0.662. The zero-order chi connectivity index (χ0) is 26.6. The number of carbonyl (C=O) groups is 3. The van der Waals surface area contributed by atoms with E-state index in [-0.39, 0.29) is 42.7 Å². The van der Waals surface area contributed by atoms with Crippen LogP contribution >= 0.6 is 11.8 Å². The van der Waals surface area contributed by atoms with Gasteiger partial charge in [-0.05, 0) is 56.4 Å². The van der Waals surface area contributed by atoms with Gasteiger partial charge in [0.25, 0.3) is 5.91 Å². The molecule has 0 aromatic heterocycles. The van der Waals surface area contributed by atoms with E-state index >= 15 is 0 Å². The minimum Gasteiger partial charge on any atom is -0.497 e. The van der Waals surface area contributed by atoms with Crippen molar-refractivity contribution in [1.82, 2.24) is 4.90 Å². The molecule has 4 rings (SSSR count). The first-order valence-corrected chi connectivity index (χ1v) is 13.7. The standard InChI is InChI=1S/C28H36N2O6S/c1-4-6-7-8-18-36-27(34)22-21-13-14-28(37-21)23(22)25(32)30(16-17-31)24(28)26(33)29(15-5-2)19-9-11-20(35-3)12-10-19/h4-5,9-12,21-24,31H,1-2,6-8,13-18H2,3H3/t21-,22+,23-,24?,28?/m0/s1. The number of carbonyl (C=O) groups excluding carboxylic acids is 3. The zero-order valence-electron chi connectivity index (χ0n) is 21.3. The van der Waals surface area contributed by atoms with Crippen LogP contribution in [0.25, 0.3) is 0 Å². The van der Waals surface area contributed by atoms with Crippen molar-refractivity contribution >= 4 is 35.2 Å². The molecule has 3 heterocycles. The smallest absolute Gasteiger partial charge is 0.310 e. The molecule has 0 radical (unpaired) electrons. The van der Waals surface area contributed by atoms with Crippen LogP contribution in [-0.2, 0) is 19.1 Å². The van der Waals surface area contributed by atoms with Gasteiger partial charge in [-0.2, -0.15) is 0 Å². The molecule has 5 atom stereocenters. The first kappa shape index (κ1) is 27.3. The molecule has 0 saturated carbocycles. The third-order valence-corrected chi connectivity index (χ3v) is 9.61. The van der Waals surface area contributed by atoms with Gasteiger partial charge in [-0.1, -0.05) is 12.2 Å². The lowest BCUT2D eigenvalue weighted by atomic mass is 9.71. The second-order valence-corrected chi connectivity index (χ2v) is 11.3. The van der Waals surface area contributed by atoms with Crippen LogP contribution in [-0.4, -0.2) is 77.2 Å². The molecule has 3 aliphatic rings. The van der Waals surface area contributed by atoms with Gasteiger partial charge in [0, 0.05) is 24.0 Å². The normalized spacial score (nSPS) is 27.6. The van der Waals surface area contributed by atoms with Crippen molar-refractivity contribution in [3.8, 4) is 5.75 Å². The molecule has 1 spiro atoms. The van der Waals surface area contributed by atoms with Crippen LogP contribution in [0.3, 0.4) is 0 Å². The number of methoxy groups -OCH3 is 1. The monoisotopic (exact) mass is 528 g/mol. The van der Waals surface area contributed by atoms with Crippen LogP contribution in [0, 0.1) is 11.8 Å². The summed E-state index contributed by atoms with van der Waals surface area (Å²) in [6, 6.07) is 6.37. The number of aliphatic hydroxyl groups is 1. The van der Waals surface area contributed by atoms with E-state index in [1.807, 2.05) is 6.08 Å². The molecule has 37 heavy (non-hydrogen) atoms. The number of aliphatic hydroxyl groups excluding tert-OH is 1. The maximum Gasteiger partial charge on any atom is 0.310 e. The molecule has 9 heteroatoms. The van der Waals surface area contributed by atoms with E-state index in [4.69, 9.17) is 9.47 Å². The molecule has 1 aromatic rings. The van der Waals surface area contributed by atoms with Crippen LogP contribution in [0.2, 0.25) is 0 Å². The third-order valence-electron chi connectivity index (χ3n) is 7.66. The summed E-state index contributed by atoms with van der Waals surface area (Å²) in [5.74, 6) is -1.39. The van der Waals surface area contributed by atoms with Gasteiger partial charge in [0.15, 0.2) is 0 Å². The van der Waals surface area contributed by atoms with E-state index in [0.717, 1.165) is 25.7 Å². The fourth-order valence-electron chi connectivity index (χ4n) is 6.07. The molecule has 2 bridgehead atoms. The Morgan fingerprint density at radius 1 is 1.24 bits per heavy atom. The lowest BCUT2D eigenvalue weighted by Crippen LogP contribution is -2.55. The number of thioether (sulfide) groups is 1. The predicted molar refractivity (Wildman–Crippen MR) is 143 cm³/mol. The van der Waals surface area contributed by atoms with E-state index in [0.29, 0.717) is 24.5 Å². The summed E-state index contributed by atoms with van der Waals surface area (Å²) in [6.45, 7) is 7.86. The van der Waals surface area contributed by atoms with Gasteiger partial charge < -0.3 is 24.4 Å². The molecule has 3 aliphatic heterocycles. The zero-order valence-corrected chi connectivity index (χ0v) is 22.2. The maximum absolute atomic E-state index is 14.2. The van der Waals surface area contributed by atoms with Crippen molar-refractivity contribution in [1.29, 1.82) is 0 Å². The van der Waals surface area contributed by atoms with Gasteiger partial charge in [-0.15, -0.1) is 24.9 Å². The number of rotatable bonds is 13. The number of hydrogen-bond acceptors (Lipinski definition) is 7. The highest BCUT2D eigenvalue weighted by atomic mass is 32.2. The van der Waals surface area contributed by atoms with Crippen LogP contribution in [0.4, 0.5) is 5.69 Å². The Bertz CT molecular complexity index is 1030. The maximum atomic E-state index is 14.2. The van der Waals surface area contributed by atoms with E-state index in [1.54, 1.807) is 54.1 Å². The molecule has 1 N–H and O–H groups in total. The molecule has 1 aromatic carbocycles. The summed E-state index contributed by atoms with van der Waals surface area (Å²) in [6.07, 6.45) is 7.37. The third kappa shape index (κ3) is 4.91. The van der Waals surface area contributed by atoms with Crippen molar-refractivity contribution in [3.05, 3.63) is 49.6 Å². The second kappa shape index (κ2) is 11.7. The highest BCUT2D eigenvalue weighted by Crippen LogP contribution is 2.66. The Kier molecular flexibility index (Phi) is 8.64. The number of amides is 2. The van der Waals surface area contributed by atoms with Crippen molar-refractivity contribution in [3.63, 3.8) is 0 Å². The van der Waals surface area contributed by atoms with Crippen molar-refractivity contribution in [2.75, 3.05) is 38.3 Å². The fourth-order valence-corrected chi connectivity index (χ4v) is 8.27. The van der Waals surface area contributed by atoms with Gasteiger partial charge >= 0.3 is 5.97 Å². The van der Waals surface area contributed by atoms with Crippen LogP contribution < -0.4 is 9.64 Å². The number of β-amino-alcohol motifs (C(OH)–C–C–N with tert-alkyl or cyclic N) is 1. The minimum atomic E-state index is -0.792. The number of fused-ring (bicyclic) bond motifs is 1. The van der Waals surface area contributed by atoms with Gasteiger partial charge in [0.05, 0.1) is 36.9 Å². The van der Waals surface area contributed by atoms with Crippen LogP contribution in [0.1, 0.15) is 32.1 Å². The van der Waals surface area contributed by atoms with Crippen molar-refractivity contribution in [2.24, 2.45) is 11.8 Å². The summed E-state index contributed by atoms with van der Waals surface area (Å²) >= 11 is 1.59. The lowest BCUT2D eigenvalue weighted by molar-refractivity contribution is -0.154. The number of nitrogens with zero attached hydrogens (tertiary/aromatic N) is 2. The number of benzene rings is 1. The molecule has 2 unspecified atom stereocenters. The second-order valence-electron chi connectivity index (χ2n) is 9.70. The summed E-state index contributed by atoms with van der Waals surface area (Å²) < 4.78 is 10.1. The number of unbranched alkanes of at least 4 members (excludes halogenated alkanes) is 2. The summed E-state index contributed by atoms with van der Waals surface area (Å²) in [5, 5.41) is 9.74. The first-order valence-electron chi connectivity index (χ1n) is 12.9. The van der Waals surface area contributed by atoms with Crippen LogP contribution in [0.15, 0.2) is 49.6 Å². The molecule has 8 nitrogen and oxygen atoms in total. The number of allylic oxidation sites excluding steroid dienone is 1. The quantitative estimate of drug-likeness (QED) is 0.239. The Morgan fingerprint density at radius 3 is 2.65 bits per heavy atom. The first-order chi connectivity index (χ1) is 17.9. The molecule has 0 aliphatic carbocycles. The highest BCUT2D eigenvalue weighted by molar-refractivity contribution is 8.02. The Labute approximate surface area is 222 Å². The Balaban J connectivity index is 1.62. The molecule has 3 fully saturated rings. The number of anilines is 1. The van der Waals surface area contributed by atoms with E-state index in [1.165, 1.54) is 4.90 Å². The van der Waals surface area contributed by atoms with Gasteiger partial charge in [-0.25, -0.2) is 0 Å². The fraction of sp³-hybridized carbons (Fsp3) is 0.536. The molecular weight excluding hydrogens is 492 g/mol. The molecule has 2 amide bonds. The summed E-state index contributed by atoms with van der Waals surface area (Å²) in [7, 11) is 1.58. The van der Waals surface area contributed by atoms with E-state index in [9.17, 15) is 19.5 Å². The number of likely N-dealkylation sites (tertiary alicyclic amines) is 1. The number of hydrogen-bond donors (Lipinski definition) is 1. The van der Waals surface area contributed by atoms with Gasteiger partial charge in [0.1, 0.15) is 11.8 Å². The average molecular weight is 529 g/mol. The largest absolute Gasteiger partial charge is 0.497 e. The van der Waals surface area contributed by atoms with Crippen molar-refractivity contribution < 1.29 is 29.0 Å². The molecule has 3 saturated heterocycles. The van der Waals surface area contributed by atoms with Gasteiger partial charge in [-0.3, -0.25) is 14.4 Å². The van der Waals surface area contributed by atoms with Crippen LogP contribution in [0.5, 0.6) is 5.75 Å². The lowest BCUT2D eigenvalue weighted by Gasteiger charge is -2.37. The number of ether oxygens (including phenoxy) is 2. The minimum absolute atomic E-state index is 0.0343. The van der Waals surface area contributed by atoms with Gasteiger partial charge in [0.2, 0.25) is 5.91 Å².